The van der Waals surface area contributed by atoms with Crippen LogP contribution in [0, 0.1) is 0 Å². The zero-order valence-corrected chi connectivity index (χ0v) is 19.4. The summed E-state index contributed by atoms with van der Waals surface area (Å²) < 4.78 is 27.9. The van der Waals surface area contributed by atoms with Gasteiger partial charge in [-0.2, -0.15) is 0 Å². The molecule has 1 amide bonds. The van der Waals surface area contributed by atoms with E-state index in [0.29, 0.717) is 12.2 Å². The van der Waals surface area contributed by atoms with Crippen molar-refractivity contribution in [3.63, 3.8) is 0 Å². The number of hydrogen-bond acceptors (Lipinski definition) is 3. The Labute approximate surface area is 194 Å². The average Bonchev–Trinajstić information content (AvgIpc) is 3.60. The predicted octanol–water partition coefficient (Wildman–Crippen LogP) is 5.02. The van der Waals surface area contributed by atoms with E-state index in [-0.39, 0.29) is 33.3 Å². The molecule has 1 fully saturated rings. The van der Waals surface area contributed by atoms with Crippen LogP contribution in [0.3, 0.4) is 0 Å². The molecule has 4 rings (SSSR count). The Morgan fingerprint density at radius 3 is 2.22 bits per heavy atom. The maximum absolute atomic E-state index is 13.3. The lowest BCUT2D eigenvalue weighted by Crippen LogP contribution is -2.33. The molecule has 0 unspecified atom stereocenters. The number of halogens is 1. The van der Waals surface area contributed by atoms with E-state index in [4.69, 9.17) is 11.6 Å². The molecule has 0 spiro atoms. The first-order chi connectivity index (χ1) is 15.4. The van der Waals surface area contributed by atoms with Crippen LogP contribution in [-0.4, -0.2) is 27.4 Å². The van der Waals surface area contributed by atoms with Crippen LogP contribution >= 0.6 is 11.6 Å². The van der Waals surface area contributed by atoms with E-state index in [9.17, 15) is 13.2 Å². The SMILES string of the molecule is CCN(c1ccccc1)S(=O)(=O)c1ccc(Cl)c(C(=O)NCC2(c3ccccc3)CC2)c1. The zero-order valence-electron chi connectivity index (χ0n) is 17.8. The summed E-state index contributed by atoms with van der Waals surface area (Å²) in [4.78, 5) is 13.0. The van der Waals surface area contributed by atoms with Gasteiger partial charge in [-0.25, -0.2) is 8.42 Å². The summed E-state index contributed by atoms with van der Waals surface area (Å²) in [5.41, 5.74) is 1.86. The van der Waals surface area contributed by atoms with Gasteiger partial charge < -0.3 is 5.32 Å². The third kappa shape index (κ3) is 4.38. The van der Waals surface area contributed by atoms with E-state index >= 15 is 0 Å². The molecular formula is C25H25ClN2O3S. The number of hydrogen-bond donors (Lipinski definition) is 1. The van der Waals surface area contributed by atoms with Gasteiger partial charge >= 0.3 is 0 Å². The van der Waals surface area contributed by atoms with Gasteiger partial charge in [0.1, 0.15) is 0 Å². The Morgan fingerprint density at radius 2 is 1.62 bits per heavy atom. The van der Waals surface area contributed by atoms with Crippen molar-refractivity contribution < 1.29 is 13.2 Å². The smallest absolute Gasteiger partial charge is 0.264 e. The lowest BCUT2D eigenvalue weighted by Gasteiger charge is -2.23. The maximum Gasteiger partial charge on any atom is 0.264 e. The summed E-state index contributed by atoms with van der Waals surface area (Å²) in [5.74, 6) is -0.378. The highest BCUT2D eigenvalue weighted by atomic mass is 35.5. The lowest BCUT2D eigenvalue weighted by atomic mass is 9.96. The quantitative estimate of drug-likeness (QED) is 0.505. The second-order valence-corrected chi connectivity index (χ2v) is 10.2. The minimum absolute atomic E-state index is 0.0296. The maximum atomic E-state index is 13.3. The molecule has 0 aromatic heterocycles. The van der Waals surface area contributed by atoms with E-state index in [1.807, 2.05) is 24.3 Å². The zero-order chi connectivity index (χ0) is 22.8. The average molecular weight is 469 g/mol. The predicted molar refractivity (Wildman–Crippen MR) is 128 cm³/mol. The van der Waals surface area contributed by atoms with Gasteiger partial charge in [0.15, 0.2) is 0 Å². The first-order valence-corrected chi connectivity index (χ1v) is 12.4. The molecule has 0 atom stereocenters. The van der Waals surface area contributed by atoms with Crippen molar-refractivity contribution in [1.82, 2.24) is 5.32 Å². The van der Waals surface area contributed by atoms with Gasteiger partial charge in [-0.1, -0.05) is 60.1 Å². The van der Waals surface area contributed by atoms with Crippen molar-refractivity contribution >= 4 is 33.2 Å². The molecule has 3 aromatic carbocycles. The minimum atomic E-state index is -3.86. The van der Waals surface area contributed by atoms with Crippen LogP contribution in [0.5, 0.6) is 0 Å². The molecule has 7 heteroatoms. The van der Waals surface area contributed by atoms with E-state index in [0.717, 1.165) is 12.8 Å². The van der Waals surface area contributed by atoms with Crippen LogP contribution < -0.4 is 9.62 Å². The summed E-state index contributed by atoms with van der Waals surface area (Å²) >= 11 is 6.28. The molecule has 5 nitrogen and oxygen atoms in total. The van der Waals surface area contributed by atoms with Crippen molar-refractivity contribution in [2.45, 2.75) is 30.1 Å². The number of amides is 1. The van der Waals surface area contributed by atoms with Gasteiger partial charge in [-0.05, 0) is 55.7 Å². The molecule has 1 saturated carbocycles. The number of para-hydroxylation sites is 1. The molecule has 1 aliphatic rings. The Kier molecular flexibility index (Phi) is 6.26. The highest BCUT2D eigenvalue weighted by molar-refractivity contribution is 7.92. The third-order valence-electron chi connectivity index (χ3n) is 5.93. The molecule has 3 aromatic rings. The summed E-state index contributed by atoms with van der Waals surface area (Å²) in [7, 11) is -3.86. The Balaban J connectivity index is 1.57. The molecule has 0 aliphatic heterocycles. The molecule has 0 bridgehead atoms. The second-order valence-electron chi connectivity index (χ2n) is 7.98. The van der Waals surface area contributed by atoms with Crippen LogP contribution in [0.4, 0.5) is 5.69 Å². The topological polar surface area (TPSA) is 66.5 Å². The fraction of sp³-hybridized carbons (Fsp3) is 0.240. The molecule has 0 saturated heterocycles. The standard InChI is InChI=1S/C25H25ClN2O3S/c1-2-28(20-11-7-4-8-12-20)32(30,31)21-13-14-23(26)22(17-21)24(29)27-18-25(15-16-25)19-9-5-3-6-10-19/h3-14,17H,2,15-16,18H2,1H3,(H,27,29). The number of anilines is 1. The van der Waals surface area contributed by atoms with Crippen LogP contribution in [0.15, 0.2) is 83.8 Å². The summed E-state index contributed by atoms with van der Waals surface area (Å²) in [6.45, 7) is 2.51. The number of benzene rings is 3. The fourth-order valence-corrected chi connectivity index (χ4v) is 5.61. The van der Waals surface area contributed by atoms with Gasteiger partial charge in [0, 0.05) is 18.5 Å². The van der Waals surface area contributed by atoms with E-state index < -0.39 is 10.0 Å². The summed E-state index contributed by atoms with van der Waals surface area (Å²) in [6.07, 6.45) is 2.00. The largest absolute Gasteiger partial charge is 0.351 e. The molecule has 166 valence electrons. The number of carbonyl (C=O) groups excluding carboxylic acids is 1. The van der Waals surface area contributed by atoms with Gasteiger partial charge in [0.25, 0.3) is 15.9 Å². The molecular weight excluding hydrogens is 444 g/mol. The highest BCUT2D eigenvalue weighted by Gasteiger charge is 2.44. The van der Waals surface area contributed by atoms with Gasteiger partial charge in [-0.3, -0.25) is 9.10 Å². The fourth-order valence-electron chi connectivity index (χ4n) is 3.91. The van der Waals surface area contributed by atoms with Crippen molar-refractivity contribution in [1.29, 1.82) is 0 Å². The van der Waals surface area contributed by atoms with Crippen molar-refractivity contribution in [3.8, 4) is 0 Å². The minimum Gasteiger partial charge on any atom is -0.351 e. The van der Waals surface area contributed by atoms with Crippen molar-refractivity contribution in [2.24, 2.45) is 0 Å². The van der Waals surface area contributed by atoms with Crippen molar-refractivity contribution in [3.05, 3.63) is 95.0 Å². The van der Waals surface area contributed by atoms with Crippen LogP contribution in [0.1, 0.15) is 35.7 Å². The Bertz CT molecular complexity index is 1210. The Morgan fingerprint density at radius 1 is 1.00 bits per heavy atom. The number of carbonyl (C=O) groups is 1. The first kappa shape index (κ1) is 22.4. The highest BCUT2D eigenvalue weighted by Crippen LogP contribution is 2.47. The number of sulfonamides is 1. The number of nitrogens with one attached hydrogen (secondary N) is 1. The van der Waals surface area contributed by atoms with E-state index in [1.54, 1.807) is 31.2 Å². The summed E-state index contributed by atoms with van der Waals surface area (Å²) in [6, 6.07) is 23.2. The second kappa shape index (κ2) is 8.96. The van der Waals surface area contributed by atoms with E-state index in [1.165, 1.54) is 28.1 Å². The molecule has 1 aliphatic carbocycles. The molecule has 32 heavy (non-hydrogen) atoms. The van der Waals surface area contributed by atoms with Gasteiger partial charge in [-0.15, -0.1) is 0 Å². The summed E-state index contributed by atoms with van der Waals surface area (Å²) in [5, 5.41) is 3.18. The monoisotopic (exact) mass is 468 g/mol. The van der Waals surface area contributed by atoms with Gasteiger partial charge in [0.05, 0.1) is 21.2 Å². The molecule has 0 radical (unpaired) electrons. The third-order valence-corrected chi connectivity index (χ3v) is 8.16. The van der Waals surface area contributed by atoms with Crippen LogP contribution in [0.25, 0.3) is 0 Å². The Hall–Kier alpha value is -2.83. The van der Waals surface area contributed by atoms with Crippen LogP contribution in [-0.2, 0) is 15.4 Å². The number of nitrogens with zero attached hydrogens (tertiary/aromatic N) is 1. The van der Waals surface area contributed by atoms with Gasteiger partial charge in [0.2, 0.25) is 0 Å². The van der Waals surface area contributed by atoms with E-state index in [2.05, 4.69) is 17.4 Å². The van der Waals surface area contributed by atoms with Crippen molar-refractivity contribution in [2.75, 3.05) is 17.4 Å². The molecule has 0 heterocycles. The lowest BCUT2D eigenvalue weighted by molar-refractivity contribution is 0.0949. The number of rotatable bonds is 8. The normalized spacial score (nSPS) is 14.6. The first-order valence-electron chi connectivity index (χ1n) is 10.6. The molecule has 1 N–H and O–H groups in total. The van der Waals surface area contributed by atoms with Crippen LogP contribution in [0.2, 0.25) is 5.02 Å².